The summed E-state index contributed by atoms with van der Waals surface area (Å²) >= 11 is 0. The van der Waals surface area contributed by atoms with Crippen molar-refractivity contribution in [2.24, 2.45) is 0 Å². The second-order valence-electron chi connectivity index (χ2n) is 6.07. The molecule has 1 heterocycles. The first-order chi connectivity index (χ1) is 11.8. The smallest absolute Gasteiger partial charge is 0.416 e. The van der Waals surface area contributed by atoms with Crippen LogP contribution >= 0.6 is 0 Å². The number of H-pyrrole nitrogens is 1. The number of halogens is 3. The number of fused-ring (bicyclic) bond motifs is 1. The van der Waals surface area contributed by atoms with Gasteiger partial charge in [-0.15, -0.1) is 0 Å². The van der Waals surface area contributed by atoms with Crippen LogP contribution in [0.4, 0.5) is 13.2 Å². The molecule has 3 rings (SSSR count). The van der Waals surface area contributed by atoms with Gasteiger partial charge in [0.25, 0.3) is 0 Å². The molecule has 2 aromatic carbocycles. The van der Waals surface area contributed by atoms with Gasteiger partial charge in [0.1, 0.15) is 0 Å². The Labute approximate surface area is 142 Å². The summed E-state index contributed by atoms with van der Waals surface area (Å²) in [5.74, 6) is -1.84. The van der Waals surface area contributed by atoms with E-state index < -0.39 is 23.6 Å². The molecule has 130 valence electrons. The van der Waals surface area contributed by atoms with Gasteiger partial charge in [0.2, 0.25) is 0 Å². The van der Waals surface area contributed by atoms with E-state index in [4.69, 9.17) is 0 Å². The predicted octanol–water partition coefficient (Wildman–Crippen LogP) is 4.91. The Morgan fingerprint density at radius 1 is 1.16 bits per heavy atom. The number of hydrogen-bond donors (Lipinski definition) is 2. The zero-order valence-electron chi connectivity index (χ0n) is 13.4. The third-order valence-corrected chi connectivity index (χ3v) is 4.33. The molecule has 0 spiro atoms. The molecule has 0 aliphatic heterocycles. The molecule has 0 fully saturated rings. The van der Waals surface area contributed by atoms with Gasteiger partial charge in [-0.05, 0) is 48.2 Å². The van der Waals surface area contributed by atoms with Gasteiger partial charge in [-0.2, -0.15) is 13.2 Å². The highest BCUT2D eigenvalue weighted by molar-refractivity contribution is 5.85. The van der Waals surface area contributed by atoms with Crippen molar-refractivity contribution in [3.8, 4) is 0 Å². The molecule has 0 bridgehead atoms. The van der Waals surface area contributed by atoms with Gasteiger partial charge < -0.3 is 10.1 Å². The topological polar surface area (TPSA) is 53.1 Å². The number of aromatic nitrogens is 1. The first-order valence-corrected chi connectivity index (χ1v) is 7.72. The average Bonchev–Trinajstić information content (AvgIpc) is 2.92. The Bertz CT molecular complexity index is 911. The van der Waals surface area contributed by atoms with E-state index in [0.717, 1.165) is 28.6 Å². The van der Waals surface area contributed by atoms with Crippen molar-refractivity contribution < 1.29 is 23.1 Å². The van der Waals surface area contributed by atoms with Gasteiger partial charge in [-0.1, -0.05) is 24.3 Å². The molecule has 0 saturated carbocycles. The minimum atomic E-state index is -4.40. The van der Waals surface area contributed by atoms with Crippen LogP contribution in [-0.4, -0.2) is 16.1 Å². The van der Waals surface area contributed by atoms with E-state index in [1.807, 2.05) is 19.2 Å². The van der Waals surface area contributed by atoms with Crippen LogP contribution in [0.5, 0.6) is 0 Å². The van der Waals surface area contributed by atoms with Crippen LogP contribution in [0, 0.1) is 6.92 Å². The lowest BCUT2D eigenvalue weighted by atomic mass is 9.91. The van der Waals surface area contributed by atoms with Crippen molar-refractivity contribution in [2.75, 3.05) is 0 Å². The number of carboxylic acids is 1. The lowest BCUT2D eigenvalue weighted by molar-refractivity contribution is -0.139. The third-order valence-electron chi connectivity index (χ3n) is 4.33. The van der Waals surface area contributed by atoms with Gasteiger partial charge in [-0.3, -0.25) is 4.79 Å². The van der Waals surface area contributed by atoms with E-state index in [0.29, 0.717) is 11.1 Å². The second-order valence-corrected chi connectivity index (χ2v) is 6.07. The van der Waals surface area contributed by atoms with Crippen molar-refractivity contribution in [3.63, 3.8) is 0 Å². The summed E-state index contributed by atoms with van der Waals surface area (Å²) in [5, 5.41) is 10.6. The molecule has 1 atom stereocenters. The Morgan fingerprint density at radius 3 is 2.44 bits per heavy atom. The molecule has 2 N–H and O–H groups in total. The lowest BCUT2D eigenvalue weighted by Gasteiger charge is -2.14. The largest absolute Gasteiger partial charge is 0.481 e. The molecule has 1 unspecified atom stereocenters. The number of aromatic amines is 1. The van der Waals surface area contributed by atoms with Gasteiger partial charge in [0.05, 0.1) is 11.5 Å². The van der Waals surface area contributed by atoms with Crippen molar-refractivity contribution >= 4 is 16.9 Å². The molecule has 0 amide bonds. The number of rotatable bonds is 4. The molecular weight excluding hydrogens is 331 g/mol. The Balaban J connectivity index is 1.89. The summed E-state index contributed by atoms with van der Waals surface area (Å²) in [5.41, 5.74) is 2.32. The van der Waals surface area contributed by atoms with Crippen LogP contribution in [0.15, 0.2) is 48.7 Å². The van der Waals surface area contributed by atoms with Gasteiger partial charge >= 0.3 is 12.1 Å². The van der Waals surface area contributed by atoms with Crippen LogP contribution in [0.1, 0.15) is 28.2 Å². The van der Waals surface area contributed by atoms with E-state index in [1.165, 1.54) is 12.1 Å². The summed E-state index contributed by atoms with van der Waals surface area (Å²) in [6.07, 6.45) is -2.43. The molecule has 3 nitrogen and oxygen atoms in total. The van der Waals surface area contributed by atoms with Gasteiger partial charge in [-0.25, -0.2) is 0 Å². The molecule has 1 aromatic heterocycles. The lowest BCUT2D eigenvalue weighted by Crippen LogP contribution is -2.14. The van der Waals surface area contributed by atoms with E-state index >= 15 is 0 Å². The third kappa shape index (κ3) is 3.52. The monoisotopic (exact) mass is 347 g/mol. The van der Waals surface area contributed by atoms with Gasteiger partial charge in [0, 0.05) is 17.1 Å². The predicted molar refractivity (Wildman–Crippen MR) is 88.6 cm³/mol. The highest BCUT2D eigenvalue weighted by Gasteiger charge is 2.30. The number of hydrogen-bond acceptors (Lipinski definition) is 1. The number of nitrogens with one attached hydrogen (secondary N) is 1. The Hall–Kier alpha value is -2.76. The Kier molecular flexibility index (Phi) is 4.29. The second kappa shape index (κ2) is 6.27. The van der Waals surface area contributed by atoms with Crippen LogP contribution < -0.4 is 0 Å². The summed E-state index contributed by atoms with van der Waals surface area (Å²) in [6, 6.07) is 10.0. The number of carboxylic acid groups (broad SMARTS) is 1. The van der Waals surface area contributed by atoms with Crippen molar-refractivity contribution in [1.82, 2.24) is 4.98 Å². The maximum absolute atomic E-state index is 12.6. The fourth-order valence-electron chi connectivity index (χ4n) is 2.92. The van der Waals surface area contributed by atoms with Crippen molar-refractivity contribution in [3.05, 3.63) is 70.9 Å². The summed E-state index contributed by atoms with van der Waals surface area (Å²) < 4.78 is 37.9. The summed E-state index contributed by atoms with van der Waals surface area (Å²) in [6.45, 7) is 1.95. The highest BCUT2D eigenvalue weighted by atomic mass is 19.4. The van der Waals surface area contributed by atoms with E-state index in [9.17, 15) is 23.1 Å². The molecule has 3 aromatic rings. The minimum absolute atomic E-state index is 0.124. The number of alkyl halides is 3. The standard InChI is InChI=1S/C19H16F3NO2/c1-11-10-23-17-9-13(4-7-15(11)17)16(18(24)25)8-12-2-5-14(6-3-12)19(20,21)22/h2-7,9-10,16,23H,8H2,1H3,(H,24,25). The maximum Gasteiger partial charge on any atom is 0.416 e. The maximum atomic E-state index is 12.6. The first-order valence-electron chi connectivity index (χ1n) is 7.72. The van der Waals surface area contributed by atoms with Crippen LogP contribution in [0.25, 0.3) is 10.9 Å². The zero-order valence-corrected chi connectivity index (χ0v) is 13.4. The molecular formula is C19H16F3NO2. The number of benzene rings is 2. The number of aliphatic carboxylic acids is 1. The highest BCUT2D eigenvalue weighted by Crippen LogP contribution is 2.31. The normalized spacial score (nSPS) is 13.1. The molecule has 0 radical (unpaired) electrons. The van der Waals surface area contributed by atoms with Gasteiger partial charge in [0.15, 0.2) is 0 Å². The fraction of sp³-hybridized carbons (Fsp3) is 0.211. The molecule has 25 heavy (non-hydrogen) atoms. The minimum Gasteiger partial charge on any atom is -0.481 e. The quantitative estimate of drug-likeness (QED) is 0.705. The summed E-state index contributed by atoms with van der Waals surface area (Å²) in [7, 11) is 0. The summed E-state index contributed by atoms with van der Waals surface area (Å²) in [4.78, 5) is 14.8. The van der Waals surface area contributed by atoms with Crippen LogP contribution in [0.3, 0.4) is 0 Å². The van der Waals surface area contributed by atoms with E-state index in [2.05, 4.69) is 4.98 Å². The average molecular weight is 347 g/mol. The van der Waals surface area contributed by atoms with Crippen molar-refractivity contribution in [2.45, 2.75) is 25.4 Å². The molecule has 0 saturated heterocycles. The molecule has 0 aliphatic carbocycles. The number of aryl methyl sites for hydroxylation is 1. The molecule has 6 heteroatoms. The SMILES string of the molecule is Cc1c[nH]c2cc(C(Cc3ccc(C(F)(F)F)cc3)C(=O)O)ccc12. The van der Waals surface area contributed by atoms with Crippen LogP contribution in [0.2, 0.25) is 0 Å². The Morgan fingerprint density at radius 2 is 1.84 bits per heavy atom. The molecule has 0 aliphatic rings. The van der Waals surface area contributed by atoms with Crippen molar-refractivity contribution in [1.29, 1.82) is 0 Å². The fourth-order valence-corrected chi connectivity index (χ4v) is 2.92. The van der Waals surface area contributed by atoms with Crippen LogP contribution in [-0.2, 0) is 17.4 Å². The van der Waals surface area contributed by atoms with E-state index in [1.54, 1.807) is 12.1 Å². The zero-order chi connectivity index (χ0) is 18.2. The number of carbonyl (C=O) groups is 1. The first kappa shape index (κ1) is 17.1. The van der Waals surface area contributed by atoms with E-state index in [-0.39, 0.29) is 6.42 Å².